The van der Waals surface area contributed by atoms with E-state index in [9.17, 15) is 14.0 Å². The molecule has 3 rings (SSSR count). The van der Waals surface area contributed by atoms with Gasteiger partial charge in [-0.1, -0.05) is 12.1 Å². The lowest BCUT2D eigenvalue weighted by Crippen LogP contribution is -2.13. The lowest BCUT2D eigenvalue weighted by molar-refractivity contribution is 0.0601. The van der Waals surface area contributed by atoms with Crippen molar-refractivity contribution >= 4 is 17.0 Å². The number of benzene rings is 2. The van der Waals surface area contributed by atoms with Crippen LogP contribution in [0.5, 0.6) is 0 Å². The first-order chi connectivity index (χ1) is 11.0. The number of fused-ring (bicyclic) bond motifs is 1. The van der Waals surface area contributed by atoms with E-state index < -0.39 is 5.97 Å². The number of halogens is 1. The van der Waals surface area contributed by atoms with Crippen LogP contribution in [0.3, 0.4) is 0 Å². The molecule has 1 N–H and O–H groups in total. The van der Waals surface area contributed by atoms with Gasteiger partial charge in [0, 0.05) is 5.56 Å². The summed E-state index contributed by atoms with van der Waals surface area (Å²) in [7, 11) is 1.28. The third-order valence-electron chi connectivity index (χ3n) is 3.54. The molecular formula is C17H13FN2O3. The topological polar surface area (TPSA) is 72.0 Å². The fourth-order valence-electron chi connectivity index (χ4n) is 2.37. The zero-order chi connectivity index (χ0) is 16.6. The Hall–Kier alpha value is -3.02. The zero-order valence-corrected chi connectivity index (χ0v) is 12.5. The van der Waals surface area contributed by atoms with Crippen LogP contribution < -0.4 is 5.56 Å². The van der Waals surface area contributed by atoms with Crippen molar-refractivity contribution in [1.29, 1.82) is 0 Å². The van der Waals surface area contributed by atoms with Crippen molar-refractivity contribution in [2.24, 2.45) is 0 Å². The normalized spacial score (nSPS) is 10.7. The van der Waals surface area contributed by atoms with Crippen LogP contribution in [0.4, 0.5) is 4.39 Å². The maximum atomic E-state index is 13.2. The Morgan fingerprint density at radius 1 is 1.22 bits per heavy atom. The second-order valence-electron chi connectivity index (χ2n) is 5.07. The molecular weight excluding hydrogens is 299 g/mol. The van der Waals surface area contributed by atoms with Gasteiger partial charge in [0.25, 0.3) is 5.56 Å². The second-order valence-corrected chi connectivity index (χ2v) is 5.07. The highest BCUT2D eigenvalue weighted by Crippen LogP contribution is 2.28. The number of rotatable bonds is 2. The van der Waals surface area contributed by atoms with Gasteiger partial charge >= 0.3 is 5.97 Å². The van der Waals surface area contributed by atoms with Crippen molar-refractivity contribution < 1.29 is 13.9 Å². The van der Waals surface area contributed by atoms with E-state index in [0.29, 0.717) is 27.9 Å². The summed E-state index contributed by atoms with van der Waals surface area (Å²) in [5.41, 5.74) is 2.50. The van der Waals surface area contributed by atoms with Gasteiger partial charge in [0.15, 0.2) is 0 Å². The summed E-state index contributed by atoms with van der Waals surface area (Å²) < 4.78 is 17.9. The van der Waals surface area contributed by atoms with Crippen molar-refractivity contribution in [2.75, 3.05) is 7.11 Å². The molecule has 0 aliphatic carbocycles. The molecule has 1 aromatic heterocycles. The molecule has 5 nitrogen and oxygen atoms in total. The summed E-state index contributed by atoms with van der Waals surface area (Å²) >= 11 is 0. The van der Waals surface area contributed by atoms with Crippen LogP contribution >= 0.6 is 0 Å². The summed E-state index contributed by atoms with van der Waals surface area (Å²) in [6.45, 7) is 1.60. The number of carbonyl (C=O) groups excluding carboxylic acids is 1. The average molecular weight is 312 g/mol. The molecule has 0 saturated carbocycles. The van der Waals surface area contributed by atoms with Crippen LogP contribution in [0.2, 0.25) is 0 Å². The number of aromatic nitrogens is 2. The number of nitrogens with one attached hydrogen (secondary N) is 1. The molecule has 3 aromatic rings. The molecule has 0 aliphatic rings. The Bertz CT molecular complexity index is 962. The van der Waals surface area contributed by atoms with Gasteiger partial charge in [0.2, 0.25) is 0 Å². The molecule has 0 bridgehead atoms. The van der Waals surface area contributed by atoms with Crippen LogP contribution in [0.25, 0.3) is 22.2 Å². The van der Waals surface area contributed by atoms with E-state index in [1.807, 2.05) is 0 Å². The van der Waals surface area contributed by atoms with Crippen molar-refractivity contribution in [2.45, 2.75) is 6.92 Å². The maximum absolute atomic E-state index is 13.2. The Kier molecular flexibility index (Phi) is 3.65. The number of H-pyrrole nitrogens is 1. The second kappa shape index (κ2) is 5.64. The van der Waals surface area contributed by atoms with Crippen molar-refractivity contribution in [3.63, 3.8) is 0 Å². The van der Waals surface area contributed by atoms with Gasteiger partial charge in [-0.05, 0) is 36.8 Å². The molecule has 0 radical (unpaired) electrons. The number of aromatic amines is 1. The number of carbonyl (C=O) groups is 1. The number of hydrogen-bond donors (Lipinski definition) is 1. The largest absolute Gasteiger partial charge is 0.465 e. The molecule has 0 fully saturated rings. The van der Waals surface area contributed by atoms with Gasteiger partial charge in [-0.3, -0.25) is 4.79 Å². The quantitative estimate of drug-likeness (QED) is 0.739. The number of aryl methyl sites for hydroxylation is 1. The molecule has 0 amide bonds. The molecule has 0 atom stereocenters. The van der Waals surface area contributed by atoms with Gasteiger partial charge in [0.1, 0.15) is 11.5 Å². The first-order valence-corrected chi connectivity index (χ1v) is 6.88. The van der Waals surface area contributed by atoms with E-state index in [4.69, 9.17) is 4.74 Å². The number of methoxy groups -OCH3 is 1. The van der Waals surface area contributed by atoms with Crippen molar-refractivity contribution in [3.8, 4) is 11.1 Å². The lowest BCUT2D eigenvalue weighted by atomic mass is 10.0. The van der Waals surface area contributed by atoms with Gasteiger partial charge in [-0.2, -0.15) is 0 Å². The van der Waals surface area contributed by atoms with E-state index in [-0.39, 0.29) is 16.9 Å². The molecule has 116 valence electrons. The van der Waals surface area contributed by atoms with Crippen LogP contribution in [0.1, 0.15) is 16.1 Å². The van der Waals surface area contributed by atoms with E-state index in [1.165, 1.54) is 25.3 Å². The first-order valence-electron chi connectivity index (χ1n) is 6.88. The maximum Gasteiger partial charge on any atom is 0.337 e. The predicted octanol–water partition coefficient (Wildman–Crippen LogP) is 2.82. The van der Waals surface area contributed by atoms with Crippen LogP contribution in [-0.4, -0.2) is 23.0 Å². The van der Waals surface area contributed by atoms with Gasteiger partial charge < -0.3 is 9.72 Å². The Morgan fingerprint density at radius 2 is 1.91 bits per heavy atom. The minimum absolute atomic E-state index is 0.278. The Balaban J connectivity index is 2.36. The van der Waals surface area contributed by atoms with E-state index in [2.05, 4.69) is 9.97 Å². The van der Waals surface area contributed by atoms with Gasteiger partial charge in [0.05, 0.1) is 23.7 Å². The summed E-state index contributed by atoms with van der Waals surface area (Å²) in [6.07, 6.45) is 0. The summed E-state index contributed by atoms with van der Waals surface area (Å²) in [5, 5.41) is 0. The highest BCUT2D eigenvalue weighted by Gasteiger charge is 2.14. The zero-order valence-electron chi connectivity index (χ0n) is 12.5. The summed E-state index contributed by atoms with van der Waals surface area (Å²) in [6, 6.07) is 8.96. The standard InChI is InChI=1S/C17H13FN2O3/c1-9-16(21)20-14-8-11(17(22)23-2)7-13(15(14)19-9)10-3-5-12(18)6-4-10/h3-8H,1-2H3,(H,20,21). The van der Waals surface area contributed by atoms with Crippen molar-refractivity contribution in [3.05, 3.63) is 63.8 Å². The van der Waals surface area contributed by atoms with E-state index in [0.717, 1.165) is 0 Å². The molecule has 1 heterocycles. The Morgan fingerprint density at radius 3 is 2.57 bits per heavy atom. The average Bonchev–Trinajstić information content (AvgIpc) is 2.55. The minimum atomic E-state index is -0.531. The smallest absolute Gasteiger partial charge is 0.337 e. The third-order valence-corrected chi connectivity index (χ3v) is 3.54. The SMILES string of the molecule is COC(=O)c1cc(-c2ccc(F)cc2)c2nc(C)c(=O)[nH]c2c1. The van der Waals surface area contributed by atoms with Crippen LogP contribution in [0.15, 0.2) is 41.2 Å². The summed E-state index contributed by atoms with van der Waals surface area (Å²) in [4.78, 5) is 30.7. The molecule has 2 aromatic carbocycles. The van der Waals surface area contributed by atoms with Gasteiger partial charge in [-0.25, -0.2) is 14.2 Å². The fourth-order valence-corrected chi connectivity index (χ4v) is 2.37. The number of nitrogens with zero attached hydrogens (tertiary/aromatic N) is 1. The molecule has 6 heteroatoms. The molecule has 0 spiro atoms. The highest BCUT2D eigenvalue weighted by atomic mass is 19.1. The van der Waals surface area contributed by atoms with Crippen LogP contribution in [0, 0.1) is 12.7 Å². The van der Waals surface area contributed by atoms with E-state index >= 15 is 0 Å². The molecule has 0 unspecified atom stereocenters. The predicted molar refractivity (Wildman–Crippen MR) is 83.8 cm³/mol. The van der Waals surface area contributed by atoms with Crippen molar-refractivity contribution in [1.82, 2.24) is 9.97 Å². The minimum Gasteiger partial charge on any atom is -0.465 e. The molecule has 0 aliphatic heterocycles. The highest BCUT2D eigenvalue weighted by molar-refractivity contribution is 6.00. The molecule has 23 heavy (non-hydrogen) atoms. The number of esters is 1. The first kappa shape index (κ1) is 14.9. The number of hydrogen-bond acceptors (Lipinski definition) is 4. The molecule has 0 saturated heterocycles. The Labute approximate surface area is 130 Å². The van der Waals surface area contributed by atoms with E-state index in [1.54, 1.807) is 25.1 Å². The summed E-state index contributed by atoms with van der Waals surface area (Å²) in [5.74, 6) is -0.892. The lowest BCUT2D eigenvalue weighted by Gasteiger charge is -2.09. The van der Waals surface area contributed by atoms with Crippen LogP contribution in [-0.2, 0) is 4.74 Å². The third kappa shape index (κ3) is 2.70. The number of ether oxygens (including phenoxy) is 1. The fraction of sp³-hybridized carbons (Fsp3) is 0.118. The van der Waals surface area contributed by atoms with Gasteiger partial charge in [-0.15, -0.1) is 0 Å². The monoisotopic (exact) mass is 312 g/mol.